The molecule has 0 aliphatic carbocycles. The number of hydrogen-bond acceptors (Lipinski definition) is 3. The Balaban J connectivity index is 3.88. The molecule has 3 nitrogen and oxygen atoms in total. The van der Waals surface area contributed by atoms with Crippen LogP contribution in [0.3, 0.4) is 0 Å². The van der Waals surface area contributed by atoms with Crippen LogP contribution < -0.4 is 0 Å². The topological polar surface area (TPSA) is 24.8 Å². The normalized spacial score (nSPS) is 12.2. The lowest BCUT2D eigenvalue weighted by molar-refractivity contribution is 0.124. The van der Waals surface area contributed by atoms with Crippen molar-refractivity contribution in [3.63, 3.8) is 0 Å². The van der Waals surface area contributed by atoms with Gasteiger partial charge in [0, 0.05) is 6.54 Å². The summed E-state index contributed by atoms with van der Waals surface area (Å²) < 4.78 is 0. The maximum Gasteiger partial charge on any atom is 0.129 e. The summed E-state index contributed by atoms with van der Waals surface area (Å²) in [6.07, 6.45) is 52.1. The minimum absolute atomic E-state index is 0.684. The van der Waals surface area contributed by atoms with E-state index in [2.05, 4.69) is 86.6 Å². The lowest BCUT2D eigenvalue weighted by Crippen LogP contribution is -2.17. The highest BCUT2D eigenvalue weighted by molar-refractivity contribution is 5.83. The molecule has 0 N–H and O–H groups in total. The lowest BCUT2D eigenvalue weighted by atomic mass is 10.0. The fraction of sp³-hybridized carbons (Fsp3) is 0.780. The largest absolute Gasteiger partial charge is 0.394 e. The molecule has 0 aromatic heterocycles. The van der Waals surface area contributed by atoms with Crippen molar-refractivity contribution in [1.82, 2.24) is 4.90 Å². The van der Waals surface area contributed by atoms with E-state index in [0.29, 0.717) is 6.61 Å². The molecule has 0 bridgehead atoms. The van der Waals surface area contributed by atoms with Crippen LogP contribution in [0.4, 0.5) is 0 Å². The first-order valence-corrected chi connectivity index (χ1v) is 19.1. The molecule has 44 heavy (non-hydrogen) atoms. The van der Waals surface area contributed by atoms with Gasteiger partial charge in [-0.2, -0.15) is 0 Å². The maximum absolute atomic E-state index is 5.69. The summed E-state index contributed by atoms with van der Waals surface area (Å²) >= 11 is 0. The van der Waals surface area contributed by atoms with Crippen molar-refractivity contribution in [3.05, 3.63) is 48.6 Å². The zero-order valence-corrected chi connectivity index (χ0v) is 30.2. The first-order chi connectivity index (χ1) is 21.7. The predicted molar refractivity (Wildman–Crippen MR) is 200 cm³/mol. The van der Waals surface area contributed by atoms with Gasteiger partial charge in [-0.1, -0.05) is 145 Å². The highest BCUT2D eigenvalue weighted by atomic mass is 16.6. The highest BCUT2D eigenvalue weighted by Gasteiger charge is 2.03. The molecule has 256 valence electrons. The van der Waals surface area contributed by atoms with Gasteiger partial charge in [0.25, 0.3) is 0 Å². The van der Waals surface area contributed by atoms with Crippen LogP contribution in [0.15, 0.2) is 53.8 Å². The zero-order valence-electron chi connectivity index (χ0n) is 30.2. The van der Waals surface area contributed by atoms with Crippen molar-refractivity contribution >= 4 is 5.71 Å². The second-order valence-electron chi connectivity index (χ2n) is 13.0. The highest BCUT2D eigenvalue weighted by Crippen LogP contribution is 2.14. The Morgan fingerprint density at radius 3 is 1.23 bits per heavy atom. The Kier molecular flexibility index (Phi) is 36.2. The molecule has 0 amide bonds. The van der Waals surface area contributed by atoms with Crippen LogP contribution in [-0.2, 0) is 4.84 Å². The number of rotatable bonds is 34. The fourth-order valence-corrected chi connectivity index (χ4v) is 5.21. The lowest BCUT2D eigenvalue weighted by Gasteiger charge is -2.10. The standard InChI is InChI=1S/C41H76N2O/c1-5-7-9-11-13-15-17-19-21-23-25-27-29-31-33-35-37-41(42-44-40-39-43(3)4)38-36-34-32-30-28-26-24-22-20-18-16-14-12-10-8-6-2/h13-16,19-22H,5-12,17-18,23-40H2,1-4H3/b15-13-,16-14-,21-19-,22-20-. The Bertz CT molecular complexity index is 653. The van der Waals surface area contributed by atoms with E-state index in [4.69, 9.17) is 4.84 Å². The molecule has 0 rings (SSSR count). The summed E-state index contributed by atoms with van der Waals surface area (Å²) in [7, 11) is 4.17. The van der Waals surface area contributed by atoms with E-state index in [0.717, 1.165) is 32.2 Å². The molecular weight excluding hydrogens is 536 g/mol. The molecule has 3 heteroatoms. The van der Waals surface area contributed by atoms with E-state index in [9.17, 15) is 0 Å². The van der Waals surface area contributed by atoms with E-state index in [1.165, 1.54) is 147 Å². The molecule has 0 spiro atoms. The van der Waals surface area contributed by atoms with Gasteiger partial charge in [0.2, 0.25) is 0 Å². The van der Waals surface area contributed by atoms with Crippen molar-refractivity contribution < 1.29 is 4.84 Å². The van der Waals surface area contributed by atoms with Crippen molar-refractivity contribution in [3.8, 4) is 0 Å². The molecule has 0 fully saturated rings. The second kappa shape index (κ2) is 37.6. The monoisotopic (exact) mass is 613 g/mol. The minimum Gasteiger partial charge on any atom is -0.394 e. The molecule has 0 aromatic carbocycles. The van der Waals surface area contributed by atoms with Gasteiger partial charge in [-0.15, -0.1) is 0 Å². The first-order valence-electron chi connectivity index (χ1n) is 19.1. The fourth-order valence-electron chi connectivity index (χ4n) is 5.21. The quantitative estimate of drug-likeness (QED) is 0.0312. The molecular formula is C41H76N2O. The number of oxime groups is 1. The van der Waals surface area contributed by atoms with E-state index >= 15 is 0 Å². The summed E-state index contributed by atoms with van der Waals surface area (Å²) in [5.74, 6) is 0. The summed E-state index contributed by atoms with van der Waals surface area (Å²) in [6.45, 7) is 6.14. The van der Waals surface area contributed by atoms with Crippen LogP contribution in [0.25, 0.3) is 0 Å². The van der Waals surface area contributed by atoms with E-state index in [1.807, 2.05) is 0 Å². The van der Waals surface area contributed by atoms with Gasteiger partial charge in [-0.25, -0.2) is 0 Å². The van der Waals surface area contributed by atoms with Crippen LogP contribution in [-0.4, -0.2) is 37.9 Å². The Hall–Kier alpha value is -1.61. The summed E-state index contributed by atoms with van der Waals surface area (Å²) in [6, 6.07) is 0. The third-order valence-electron chi connectivity index (χ3n) is 8.16. The van der Waals surface area contributed by atoms with Gasteiger partial charge < -0.3 is 9.74 Å². The molecule has 0 aromatic rings. The summed E-state index contributed by atoms with van der Waals surface area (Å²) in [4.78, 5) is 7.84. The summed E-state index contributed by atoms with van der Waals surface area (Å²) in [5.41, 5.74) is 1.29. The minimum atomic E-state index is 0.684. The number of unbranched alkanes of at least 4 members (excludes halogenated alkanes) is 18. The predicted octanol–water partition coefficient (Wildman–Crippen LogP) is 13.3. The molecule has 0 saturated carbocycles. The second-order valence-corrected chi connectivity index (χ2v) is 13.0. The Morgan fingerprint density at radius 1 is 0.477 bits per heavy atom. The van der Waals surface area contributed by atoms with Gasteiger partial charge in [0.05, 0.1) is 5.71 Å². The summed E-state index contributed by atoms with van der Waals surface area (Å²) in [5, 5.41) is 4.58. The van der Waals surface area contributed by atoms with E-state index < -0.39 is 0 Å². The van der Waals surface area contributed by atoms with Crippen molar-refractivity contribution in [2.24, 2.45) is 5.16 Å². The van der Waals surface area contributed by atoms with Crippen LogP contribution in [0.1, 0.15) is 181 Å². The maximum atomic E-state index is 5.69. The van der Waals surface area contributed by atoms with Gasteiger partial charge in [0.15, 0.2) is 0 Å². The van der Waals surface area contributed by atoms with Gasteiger partial charge in [0.1, 0.15) is 6.61 Å². The van der Waals surface area contributed by atoms with Crippen LogP contribution >= 0.6 is 0 Å². The SMILES string of the molecule is CCCCC/C=C\C/C=C\CCCCCCCCC(CCCCCCCC/C=C\C/C=C\CCCCC)=NOCCN(C)C. The third kappa shape index (κ3) is 36.6. The zero-order chi connectivity index (χ0) is 32.0. The number of allylic oxidation sites excluding steroid dienone is 8. The molecule has 0 unspecified atom stereocenters. The number of likely N-dealkylation sites (N-methyl/N-ethyl adjacent to an activating group) is 1. The molecule has 0 aliphatic heterocycles. The first kappa shape index (κ1) is 42.4. The average molecular weight is 613 g/mol. The van der Waals surface area contributed by atoms with Gasteiger partial charge in [-0.05, 0) is 104 Å². The molecule has 0 aliphatic rings. The van der Waals surface area contributed by atoms with Crippen molar-refractivity contribution in [2.45, 2.75) is 181 Å². The molecule has 0 atom stereocenters. The van der Waals surface area contributed by atoms with E-state index in [1.54, 1.807) is 0 Å². The number of nitrogens with zero attached hydrogens (tertiary/aromatic N) is 2. The molecule has 0 heterocycles. The van der Waals surface area contributed by atoms with Crippen LogP contribution in [0.2, 0.25) is 0 Å². The van der Waals surface area contributed by atoms with Crippen LogP contribution in [0, 0.1) is 0 Å². The smallest absolute Gasteiger partial charge is 0.129 e. The Morgan fingerprint density at radius 2 is 0.841 bits per heavy atom. The van der Waals surface area contributed by atoms with Gasteiger partial charge >= 0.3 is 0 Å². The molecule has 0 saturated heterocycles. The number of hydrogen-bond donors (Lipinski definition) is 0. The third-order valence-corrected chi connectivity index (χ3v) is 8.16. The van der Waals surface area contributed by atoms with Crippen molar-refractivity contribution in [2.75, 3.05) is 27.2 Å². The van der Waals surface area contributed by atoms with Gasteiger partial charge in [-0.3, -0.25) is 0 Å². The Labute approximate surface area is 276 Å². The van der Waals surface area contributed by atoms with E-state index in [-0.39, 0.29) is 0 Å². The molecule has 0 radical (unpaired) electrons. The van der Waals surface area contributed by atoms with Crippen molar-refractivity contribution in [1.29, 1.82) is 0 Å². The van der Waals surface area contributed by atoms with Crippen LogP contribution in [0.5, 0.6) is 0 Å². The average Bonchev–Trinajstić information content (AvgIpc) is 3.02.